The summed E-state index contributed by atoms with van der Waals surface area (Å²) in [7, 11) is 4.29. The molecule has 136 valence electrons. The zero-order chi connectivity index (χ0) is 16.5. The van der Waals surface area contributed by atoms with Crippen LogP contribution in [0.5, 0.6) is 0 Å². The molecule has 0 aliphatic carbocycles. The number of hydrogen-bond acceptors (Lipinski definition) is 4. The molecule has 1 fully saturated rings. The summed E-state index contributed by atoms with van der Waals surface area (Å²) in [5.41, 5.74) is 1.09. The molecule has 0 aromatic carbocycles. The Morgan fingerprint density at radius 3 is 2.62 bits per heavy atom. The van der Waals surface area contributed by atoms with Crippen molar-refractivity contribution < 1.29 is 4.74 Å². The van der Waals surface area contributed by atoms with Crippen LogP contribution >= 0.6 is 24.0 Å². The maximum Gasteiger partial charge on any atom is 0.191 e. The minimum atomic E-state index is 0. The highest BCUT2D eigenvalue weighted by atomic mass is 127. The van der Waals surface area contributed by atoms with Crippen LogP contribution in [0.2, 0.25) is 0 Å². The normalized spacial score (nSPS) is 17.2. The van der Waals surface area contributed by atoms with Gasteiger partial charge in [-0.15, -0.1) is 24.0 Å². The van der Waals surface area contributed by atoms with Crippen molar-refractivity contribution in [2.24, 2.45) is 4.99 Å². The van der Waals surface area contributed by atoms with E-state index in [1.165, 1.54) is 0 Å². The average molecular weight is 447 g/mol. The molecule has 24 heavy (non-hydrogen) atoms. The van der Waals surface area contributed by atoms with E-state index in [9.17, 15) is 0 Å². The molecule has 0 atom stereocenters. The Hall–Kier alpha value is -0.930. The largest absolute Gasteiger partial charge is 0.381 e. The van der Waals surface area contributed by atoms with Crippen molar-refractivity contribution in [3.8, 4) is 0 Å². The summed E-state index contributed by atoms with van der Waals surface area (Å²) in [5, 5.41) is 6.81. The van der Waals surface area contributed by atoms with Gasteiger partial charge in [0.25, 0.3) is 0 Å². The van der Waals surface area contributed by atoms with Crippen molar-refractivity contribution in [3.05, 3.63) is 30.1 Å². The number of hydrogen-bond donors (Lipinski definition) is 2. The predicted octanol–water partition coefficient (Wildman–Crippen LogP) is 1.87. The van der Waals surface area contributed by atoms with Crippen LogP contribution < -0.4 is 10.6 Å². The van der Waals surface area contributed by atoms with Crippen molar-refractivity contribution in [1.82, 2.24) is 20.5 Å². The summed E-state index contributed by atoms with van der Waals surface area (Å²) in [6.07, 6.45) is 3.87. The molecular formula is C17H30IN5O. The number of rotatable bonds is 6. The summed E-state index contributed by atoms with van der Waals surface area (Å²) >= 11 is 0. The molecule has 1 aliphatic heterocycles. The number of ether oxygens (including phenoxy) is 1. The Balaban J connectivity index is 0.00000288. The van der Waals surface area contributed by atoms with Gasteiger partial charge in [-0.3, -0.25) is 4.98 Å². The van der Waals surface area contributed by atoms with Crippen LogP contribution in [0.1, 0.15) is 25.5 Å². The number of aliphatic imine (C=N–C) groups is 1. The first kappa shape index (κ1) is 21.1. The van der Waals surface area contributed by atoms with Gasteiger partial charge in [0.1, 0.15) is 0 Å². The van der Waals surface area contributed by atoms with E-state index in [2.05, 4.69) is 46.5 Å². The summed E-state index contributed by atoms with van der Waals surface area (Å²) in [6.45, 7) is 5.99. The molecule has 0 unspecified atom stereocenters. The maximum absolute atomic E-state index is 5.53. The first-order valence-electron chi connectivity index (χ1n) is 8.33. The van der Waals surface area contributed by atoms with Crippen molar-refractivity contribution in [3.63, 3.8) is 0 Å². The van der Waals surface area contributed by atoms with Gasteiger partial charge in [-0.05, 0) is 46.0 Å². The minimum Gasteiger partial charge on any atom is -0.381 e. The van der Waals surface area contributed by atoms with Crippen molar-refractivity contribution in [2.75, 3.05) is 40.4 Å². The fraction of sp³-hybridized carbons (Fsp3) is 0.647. The molecule has 1 aliphatic rings. The molecule has 0 spiro atoms. The fourth-order valence-corrected chi connectivity index (χ4v) is 2.78. The van der Waals surface area contributed by atoms with Gasteiger partial charge in [-0.1, -0.05) is 6.07 Å². The van der Waals surface area contributed by atoms with Crippen molar-refractivity contribution in [1.29, 1.82) is 0 Å². The molecule has 7 heteroatoms. The summed E-state index contributed by atoms with van der Waals surface area (Å²) in [4.78, 5) is 11.3. The van der Waals surface area contributed by atoms with Crippen LogP contribution in [0.4, 0.5) is 0 Å². The lowest BCUT2D eigenvalue weighted by Gasteiger charge is -2.43. The van der Waals surface area contributed by atoms with E-state index < -0.39 is 0 Å². The molecular weight excluding hydrogens is 417 g/mol. The number of aromatic nitrogens is 1. The standard InChI is InChI=1S/C17H29N5O.HI/c1-4-18-16(20-13-15-7-5-6-10-19-15)21-14-17(22(2)3)8-11-23-12-9-17;/h5-7,10H,4,8-9,11-14H2,1-3H3,(H2,18,20,21);1H. The second-order valence-corrected chi connectivity index (χ2v) is 6.10. The monoisotopic (exact) mass is 447 g/mol. The molecule has 1 saturated heterocycles. The average Bonchev–Trinajstić information content (AvgIpc) is 2.59. The lowest BCUT2D eigenvalue weighted by Crippen LogP contribution is -2.57. The van der Waals surface area contributed by atoms with E-state index in [0.29, 0.717) is 6.54 Å². The number of pyridine rings is 1. The number of nitrogens with one attached hydrogen (secondary N) is 2. The van der Waals surface area contributed by atoms with Crippen LogP contribution in [-0.2, 0) is 11.3 Å². The van der Waals surface area contributed by atoms with Gasteiger partial charge in [0.15, 0.2) is 5.96 Å². The van der Waals surface area contributed by atoms with E-state index in [0.717, 1.165) is 50.8 Å². The molecule has 1 aromatic heterocycles. The first-order valence-corrected chi connectivity index (χ1v) is 8.33. The molecule has 1 aromatic rings. The molecule has 0 bridgehead atoms. The lowest BCUT2D eigenvalue weighted by atomic mass is 9.88. The van der Waals surface area contributed by atoms with Gasteiger partial charge in [0, 0.05) is 38.0 Å². The van der Waals surface area contributed by atoms with E-state index in [-0.39, 0.29) is 29.5 Å². The van der Waals surface area contributed by atoms with Crippen LogP contribution in [0.25, 0.3) is 0 Å². The molecule has 2 heterocycles. The van der Waals surface area contributed by atoms with E-state index in [1.807, 2.05) is 18.2 Å². The number of nitrogens with zero attached hydrogens (tertiary/aromatic N) is 3. The highest BCUT2D eigenvalue weighted by Gasteiger charge is 2.34. The molecule has 0 amide bonds. The second-order valence-electron chi connectivity index (χ2n) is 6.10. The van der Waals surface area contributed by atoms with Crippen molar-refractivity contribution in [2.45, 2.75) is 31.8 Å². The summed E-state index contributed by atoms with van der Waals surface area (Å²) in [5.74, 6) is 0.839. The van der Waals surface area contributed by atoms with E-state index >= 15 is 0 Å². The number of halogens is 1. The third kappa shape index (κ3) is 6.18. The van der Waals surface area contributed by atoms with Gasteiger partial charge in [-0.2, -0.15) is 0 Å². The molecule has 6 nitrogen and oxygen atoms in total. The Morgan fingerprint density at radius 2 is 2.04 bits per heavy atom. The third-order valence-corrected chi connectivity index (χ3v) is 4.43. The lowest BCUT2D eigenvalue weighted by molar-refractivity contribution is -0.00501. The molecule has 0 radical (unpaired) electrons. The minimum absolute atomic E-state index is 0. The van der Waals surface area contributed by atoms with Gasteiger partial charge >= 0.3 is 0 Å². The van der Waals surface area contributed by atoms with Crippen LogP contribution in [0.15, 0.2) is 29.4 Å². The zero-order valence-electron chi connectivity index (χ0n) is 14.9. The van der Waals surface area contributed by atoms with Crippen LogP contribution in [0, 0.1) is 0 Å². The van der Waals surface area contributed by atoms with Gasteiger partial charge in [0.05, 0.1) is 12.2 Å². The Bertz CT molecular complexity index is 489. The van der Waals surface area contributed by atoms with Gasteiger partial charge < -0.3 is 20.3 Å². The third-order valence-electron chi connectivity index (χ3n) is 4.43. The SMILES string of the molecule is CCNC(=NCc1ccccn1)NCC1(N(C)C)CCOCC1.I. The summed E-state index contributed by atoms with van der Waals surface area (Å²) < 4.78 is 5.53. The highest BCUT2D eigenvalue weighted by Crippen LogP contribution is 2.24. The van der Waals surface area contributed by atoms with E-state index in [4.69, 9.17) is 4.74 Å². The smallest absolute Gasteiger partial charge is 0.191 e. The first-order chi connectivity index (χ1) is 11.2. The van der Waals surface area contributed by atoms with Crippen LogP contribution in [0.3, 0.4) is 0 Å². The maximum atomic E-state index is 5.53. The Morgan fingerprint density at radius 1 is 1.29 bits per heavy atom. The molecule has 0 saturated carbocycles. The predicted molar refractivity (Wildman–Crippen MR) is 109 cm³/mol. The second kappa shape index (κ2) is 10.8. The van der Waals surface area contributed by atoms with Gasteiger partial charge in [0.2, 0.25) is 0 Å². The quantitative estimate of drug-likeness (QED) is 0.396. The Kier molecular flexibility index (Phi) is 9.53. The topological polar surface area (TPSA) is 61.8 Å². The highest BCUT2D eigenvalue weighted by molar-refractivity contribution is 14.0. The molecule has 2 rings (SSSR count). The van der Waals surface area contributed by atoms with Gasteiger partial charge in [-0.25, -0.2) is 4.99 Å². The van der Waals surface area contributed by atoms with E-state index in [1.54, 1.807) is 6.20 Å². The number of likely N-dealkylation sites (N-methyl/N-ethyl adjacent to an activating group) is 1. The summed E-state index contributed by atoms with van der Waals surface area (Å²) in [6, 6.07) is 5.90. The van der Waals surface area contributed by atoms with Crippen LogP contribution in [-0.4, -0.2) is 61.8 Å². The Labute approximate surface area is 162 Å². The number of guanidine groups is 1. The fourth-order valence-electron chi connectivity index (χ4n) is 2.78. The molecule has 2 N–H and O–H groups in total. The zero-order valence-corrected chi connectivity index (χ0v) is 17.2. The van der Waals surface area contributed by atoms with Crippen molar-refractivity contribution >= 4 is 29.9 Å².